The number of carbonyl (C=O) groups excluding carboxylic acids is 2. The molecule has 28 heavy (non-hydrogen) atoms. The van der Waals surface area contributed by atoms with E-state index in [1.807, 2.05) is 0 Å². The lowest BCUT2D eigenvalue weighted by Gasteiger charge is -2.16. The molecule has 0 atom stereocenters. The van der Waals surface area contributed by atoms with Crippen LogP contribution in [0.1, 0.15) is 37.0 Å². The molecule has 2 aromatic carbocycles. The van der Waals surface area contributed by atoms with Crippen LogP contribution in [-0.4, -0.2) is 32.9 Å². The third kappa shape index (κ3) is 4.51. The number of hydrogen-bond acceptors (Lipinski definition) is 5. The summed E-state index contributed by atoms with van der Waals surface area (Å²) in [5, 5.41) is 0. The molecule has 1 saturated heterocycles. The minimum absolute atomic E-state index is 0.0461. The summed E-state index contributed by atoms with van der Waals surface area (Å²) in [6.07, 6.45) is 1.09. The Hall–Kier alpha value is -2.87. The van der Waals surface area contributed by atoms with Gasteiger partial charge in [0, 0.05) is 24.3 Å². The maximum atomic E-state index is 12.6. The fourth-order valence-corrected chi connectivity index (χ4v) is 3.96. The van der Waals surface area contributed by atoms with Crippen molar-refractivity contribution in [1.29, 1.82) is 0 Å². The lowest BCUT2D eigenvalue weighted by atomic mass is 10.2. The van der Waals surface area contributed by atoms with Gasteiger partial charge in [0.1, 0.15) is 0 Å². The van der Waals surface area contributed by atoms with Gasteiger partial charge >= 0.3 is 5.97 Å². The van der Waals surface area contributed by atoms with E-state index in [-0.39, 0.29) is 16.9 Å². The fourth-order valence-electron chi connectivity index (χ4n) is 2.90. The van der Waals surface area contributed by atoms with Crippen molar-refractivity contribution in [1.82, 2.24) is 0 Å². The van der Waals surface area contributed by atoms with Crippen molar-refractivity contribution in [3.8, 4) is 0 Å². The number of benzene rings is 2. The smallest absolute Gasteiger partial charge is 0.338 e. The molecule has 0 radical (unpaired) electrons. The van der Waals surface area contributed by atoms with E-state index >= 15 is 0 Å². The summed E-state index contributed by atoms with van der Waals surface area (Å²) in [5.74, 6) is -0.415. The predicted molar refractivity (Wildman–Crippen MR) is 106 cm³/mol. The summed E-state index contributed by atoms with van der Waals surface area (Å²) < 4.78 is 32.7. The van der Waals surface area contributed by atoms with Crippen LogP contribution in [0.5, 0.6) is 0 Å². The Bertz CT molecular complexity index is 967. The van der Waals surface area contributed by atoms with Gasteiger partial charge < -0.3 is 9.64 Å². The molecule has 2 aromatic rings. The van der Waals surface area contributed by atoms with E-state index in [0.29, 0.717) is 29.9 Å². The first-order valence-electron chi connectivity index (χ1n) is 9.00. The topological polar surface area (TPSA) is 92.8 Å². The summed E-state index contributed by atoms with van der Waals surface area (Å²) in [4.78, 5) is 25.4. The number of amides is 1. The van der Waals surface area contributed by atoms with Crippen molar-refractivity contribution < 1.29 is 22.7 Å². The minimum Gasteiger partial charge on any atom is -0.459 e. The van der Waals surface area contributed by atoms with Crippen molar-refractivity contribution in [2.45, 2.75) is 37.7 Å². The number of ether oxygens (including phenoxy) is 1. The number of hydrogen-bond donors (Lipinski definition) is 1. The second-order valence-electron chi connectivity index (χ2n) is 6.78. The van der Waals surface area contributed by atoms with Crippen molar-refractivity contribution in [2.75, 3.05) is 16.2 Å². The van der Waals surface area contributed by atoms with Crippen LogP contribution in [0, 0.1) is 0 Å². The summed E-state index contributed by atoms with van der Waals surface area (Å²) in [6, 6.07) is 12.2. The Morgan fingerprint density at radius 3 is 2.25 bits per heavy atom. The SMILES string of the molecule is CC(C)OC(=O)c1ccc(NS(=O)(=O)c2ccc(N3CCCC3=O)cc2)cc1. The van der Waals surface area contributed by atoms with Crippen molar-refractivity contribution in [2.24, 2.45) is 0 Å². The molecule has 1 aliphatic heterocycles. The van der Waals surface area contributed by atoms with Crippen molar-refractivity contribution in [3.05, 3.63) is 54.1 Å². The van der Waals surface area contributed by atoms with E-state index in [4.69, 9.17) is 4.74 Å². The normalized spacial score (nSPS) is 14.4. The molecular formula is C20H22N2O5S. The molecule has 7 nitrogen and oxygen atoms in total. The zero-order chi connectivity index (χ0) is 20.3. The van der Waals surface area contributed by atoms with Crippen LogP contribution in [0.15, 0.2) is 53.4 Å². The molecule has 0 unspecified atom stereocenters. The molecule has 0 saturated carbocycles. The number of nitrogens with zero attached hydrogens (tertiary/aromatic N) is 1. The van der Waals surface area contributed by atoms with Gasteiger partial charge in [-0.1, -0.05) is 0 Å². The molecule has 0 aliphatic carbocycles. The Morgan fingerprint density at radius 1 is 1.07 bits per heavy atom. The molecule has 1 aliphatic rings. The highest BCUT2D eigenvalue weighted by atomic mass is 32.2. The van der Waals surface area contributed by atoms with Gasteiger partial charge in [0.25, 0.3) is 10.0 Å². The summed E-state index contributed by atoms with van der Waals surface area (Å²) >= 11 is 0. The molecular weight excluding hydrogens is 380 g/mol. The number of nitrogens with one attached hydrogen (secondary N) is 1. The highest BCUT2D eigenvalue weighted by Gasteiger charge is 2.22. The van der Waals surface area contributed by atoms with Crippen molar-refractivity contribution >= 4 is 33.3 Å². The number of carbonyl (C=O) groups is 2. The van der Waals surface area contributed by atoms with Crippen LogP contribution in [0.2, 0.25) is 0 Å². The molecule has 8 heteroatoms. The molecule has 1 amide bonds. The molecule has 0 bridgehead atoms. The Morgan fingerprint density at radius 2 is 1.71 bits per heavy atom. The van der Waals surface area contributed by atoms with E-state index in [1.54, 1.807) is 30.9 Å². The number of esters is 1. The molecule has 148 valence electrons. The molecule has 1 fully saturated rings. The largest absolute Gasteiger partial charge is 0.459 e. The highest BCUT2D eigenvalue weighted by Crippen LogP contribution is 2.24. The summed E-state index contributed by atoms with van der Waals surface area (Å²) in [5.41, 5.74) is 1.37. The van der Waals surface area contributed by atoms with E-state index < -0.39 is 16.0 Å². The second kappa shape index (κ2) is 8.02. The highest BCUT2D eigenvalue weighted by molar-refractivity contribution is 7.92. The van der Waals surface area contributed by atoms with E-state index in [1.165, 1.54) is 36.4 Å². The van der Waals surface area contributed by atoms with Crippen LogP contribution < -0.4 is 9.62 Å². The monoisotopic (exact) mass is 402 g/mol. The zero-order valence-electron chi connectivity index (χ0n) is 15.7. The maximum absolute atomic E-state index is 12.6. The molecule has 0 spiro atoms. The first kappa shape index (κ1) is 19.9. The van der Waals surface area contributed by atoms with Gasteiger partial charge in [0.15, 0.2) is 0 Å². The van der Waals surface area contributed by atoms with Gasteiger partial charge in [-0.2, -0.15) is 0 Å². The van der Waals surface area contributed by atoms with E-state index in [9.17, 15) is 18.0 Å². The van der Waals surface area contributed by atoms with E-state index in [2.05, 4.69) is 4.72 Å². The lowest BCUT2D eigenvalue weighted by Crippen LogP contribution is -2.23. The Balaban J connectivity index is 1.71. The Labute approximate surface area is 164 Å². The summed E-state index contributed by atoms with van der Waals surface area (Å²) in [6.45, 7) is 4.16. The summed E-state index contributed by atoms with van der Waals surface area (Å²) in [7, 11) is -3.79. The van der Waals surface area contributed by atoms with E-state index in [0.717, 1.165) is 6.42 Å². The van der Waals surface area contributed by atoms with Gasteiger partial charge in [-0.15, -0.1) is 0 Å². The lowest BCUT2D eigenvalue weighted by molar-refractivity contribution is -0.117. The number of rotatable bonds is 6. The van der Waals surface area contributed by atoms with Gasteiger partial charge in [0.2, 0.25) is 5.91 Å². The van der Waals surface area contributed by atoms with Crippen LogP contribution in [0.3, 0.4) is 0 Å². The first-order chi connectivity index (χ1) is 13.3. The quantitative estimate of drug-likeness (QED) is 0.749. The number of anilines is 2. The van der Waals surface area contributed by atoms with Gasteiger partial charge in [-0.05, 0) is 68.8 Å². The standard InChI is InChI=1S/C20H22N2O5S/c1-14(2)27-20(24)15-5-7-16(8-6-15)21-28(25,26)18-11-9-17(10-12-18)22-13-3-4-19(22)23/h5-12,14,21H,3-4,13H2,1-2H3. The first-order valence-corrected chi connectivity index (χ1v) is 10.5. The second-order valence-corrected chi connectivity index (χ2v) is 8.46. The van der Waals surface area contributed by atoms with Crippen LogP contribution in [-0.2, 0) is 19.6 Å². The van der Waals surface area contributed by atoms with Crippen LogP contribution >= 0.6 is 0 Å². The molecule has 3 rings (SSSR count). The third-order valence-corrected chi connectivity index (χ3v) is 5.64. The molecule has 1 N–H and O–H groups in total. The van der Waals surface area contributed by atoms with Crippen LogP contribution in [0.25, 0.3) is 0 Å². The van der Waals surface area contributed by atoms with Gasteiger partial charge in [-0.3, -0.25) is 9.52 Å². The molecule has 0 aromatic heterocycles. The van der Waals surface area contributed by atoms with Gasteiger partial charge in [-0.25, -0.2) is 13.2 Å². The predicted octanol–water partition coefficient (Wildman–Crippen LogP) is 3.18. The van der Waals surface area contributed by atoms with Crippen molar-refractivity contribution in [3.63, 3.8) is 0 Å². The average molecular weight is 402 g/mol. The third-order valence-electron chi connectivity index (χ3n) is 4.25. The zero-order valence-corrected chi connectivity index (χ0v) is 16.5. The fraction of sp³-hybridized carbons (Fsp3) is 0.300. The number of sulfonamides is 1. The average Bonchev–Trinajstić information content (AvgIpc) is 3.07. The maximum Gasteiger partial charge on any atom is 0.338 e. The van der Waals surface area contributed by atoms with Gasteiger partial charge in [0.05, 0.1) is 16.6 Å². The molecule has 1 heterocycles. The Kier molecular flexibility index (Phi) is 5.69. The van der Waals surface area contributed by atoms with Crippen LogP contribution in [0.4, 0.5) is 11.4 Å². The minimum atomic E-state index is -3.79.